The van der Waals surface area contributed by atoms with Crippen molar-refractivity contribution in [2.75, 3.05) is 7.11 Å². The number of carbonyl (C=O) groups is 1. The number of rotatable bonds is 1. The molecule has 0 aliphatic heterocycles. The molecule has 0 radical (unpaired) electrons. The molecule has 0 aromatic heterocycles. The van der Waals surface area contributed by atoms with Gasteiger partial charge in [0.05, 0.1) is 7.11 Å². The predicted octanol–water partition coefficient (Wildman–Crippen LogP) is 3.25. The van der Waals surface area contributed by atoms with E-state index in [-0.39, 0.29) is 0 Å². The zero-order valence-electron chi connectivity index (χ0n) is 10.2. The fourth-order valence-corrected chi connectivity index (χ4v) is 1.55. The van der Waals surface area contributed by atoms with Crippen LogP contribution in [-0.2, 0) is 4.79 Å². The highest BCUT2D eigenvalue weighted by atomic mass is 16.5. The van der Waals surface area contributed by atoms with Crippen LogP contribution in [0.3, 0.4) is 0 Å². The minimum Gasteiger partial charge on any atom is -0.497 e. The SMILES string of the molecule is CC(=O)O.COc1ccc2c(C)cccc2c1. The molecular formula is C14H16O3. The molecule has 0 bridgehead atoms. The molecule has 0 aliphatic carbocycles. The summed E-state index contributed by atoms with van der Waals surface area (Å²) < 4.78 is 5.16. The van der Waals surface area contributed by atoms with Gasteiger partial charge < -0.3 is 9.84 Å². The summed E-state index contributed by atoms with van der Waals surface area (Å²) in [5, 5.41) is 9.95. The molecule has 0 spiro atoms. The van der Waals surface area contributed by atoms with Gasteiger partial charge in [-0.1, -0.05) is 24.3 Å². The second-order valence-corrected chi connectivity index (χ2v) is 3.68. The summed E-state index contributed by atoms with van der Waals surface area (Å²) in [6.45, 7) is 3.20. The zero-order valence-corrected chi connectivity index (χ0v) is 10.2. The average Bonchev–Trinajstić information content (AvgIpc) is 2.28. The molecule has 0 amide bonds. The summed E-state index contributed by atoms with van der Waals surface area (Å²) in [6.07, 6.45) is 0. The summed E-state index contributed by atoms with van der Waals surface area (Å²) in [5.74, 6) is 0.0816. The lowest BCUT2D eigenvalue weighted by molar-refractivity contribution is -0.134. The van der Waals surface area contributed by atoms with Gasteiger partial charge in [0.2, 0.25) is 0 Å². The van der Waals surface area contributed by atoms with Crippen molar-refractivity contribution in [1.29, 1.82) is 0 Å². The molecule has 0 heterocycles. The van der Waals surface area contributed by atoms with E-state index in [4.69, 9.17) is 14.6 Å². The summed E-state index contributed by atoms with van der Waals surface area (Å²) in [7, 11) is 1.69. The Morgan fingerprint density at radius 2 is 1.88 bits per heavy atom. The van der Waals surface area contributed by atoms with Crippen molar-refractivity contribution >= 4 is 16.7 Å². The van der Waals surface area contributed by atoms with Crippen LogP contribution in [0.15, 0.2) is 36.4 Å². The molecule has 17 heavy (non-hydrogen) atoms. The van der Waals surface area contributed by atoms with Gasteiger partial charge >= 0.3 is 0 Å². The van der Waals surface area contributed by atoms with Crippen molar-refractivity contribution in [3.8, 4) is 5.75 Å². The van der Waals surface area contributed by atoms with E-state index in [1.54, 1.807) is 7.11 Å². The maximum Gasteiger partial charge on any atom is 0.300 e. The van der Waals surface area contributed by atoms with Gasteiger partial charge in [0.25, 0.3) is 5.97 Å². The molecule has 0 atom stereocenters. The van der Waals surface area contributed by atoms with Crippen LogP contribution in [0.2, 0.25) is 0 Å². The third-order valence-electron chi connectivity index (χ3n) is 2.31. The lowest BCUT2D eigenvalue weighted by atomic mass is 10.1. The highest BCUT2D eigenvalue weighted by Gasteiger charge is 1.97. The summed E-state index contributed by atoms with van der Waals surface area (Å²) in [6, 6.07) is 12.4. The molecule has 0 fully saturated rings. The molecule has 0 aliphatic rings. The van der Waals surface area contributed by atoms with Crippen molar-refractivity contribution in [2.24, 2.45) is 0 Å². The van der Waals surface area contributed by atoms with Crippen LogP contribution in [0, 0.1) is 6.92 Å². The predicted molar refractivity (Wildman–Crippen MR) is 68.5 cm³/mol. The Morgan fingerprint density at radius 3 is 2.47 bits per heavy atom. The Balaban J connectivity index is 0.000000317. The van der Waals surface area contributed by atoms with E-state index in [9.17, 15) is 0 Å². The number of methoxy groups -OCH3 is 1. The Hall–Kier alpha value is -2.03. The maximum atomic E-state index is 9.00. The summed E-state index contributed by atoms with van der Waals surface area (Å²) >= 11 is 0. The first-order chi connectivity index (χ1) is 8.04. The number of carboxylic acid groups (broad SMARTS) is 1. The van der Waals surface area contributed by atoms with Gasteiger partial charge in [-0.2, -0.15) is 0 Å². The Morgan fingerprint density at radius 1 is 1.24 bits per heavy atom. The minimum absolute atomic E-state index is 0.833. The van der Waals surface area contributed by atoms with Crippen LogP contribution in [0.5, 0.6) is 5.75 Å². The maximum absolute atomic E-state index is 9.00. The van der Waals surface area contributed by atoms with E-state index in [0.29, 0.717) is 0 Å². The molecule has 0 saturated carbocycles. The molecule has 0 saturated heterocycles. The van der Waals surface area contributed by atoms with E-state index in [1.165, 1.54) is 16.3 Å². The average molecular weight is 232 g/mol. The second-order valence-electron chi connectivity index (χ2n) is 3.68. The fourth-order valence-electron chi connectivity index (χ4n) is 1.55. The molecular weight excluding hydrogens is 216 g/mol. The van der Waals surface area contributed by atoms with Gasteiger partial charge in [0, 0.05) is 6.92 Å². The first-order valence-corrected chi connectivity index (χ1v) is 5.27. The van der Waals surface area contributed by atoms with Gasteiger partial charge in [0.15, 0.2) is 0 Å². The lowest BCUT2D eigenvalue weighted by Gasteiger charge is -2.04. The smallest absolute Gasteiger partial charge is 0.300 e. The van der Waals surface area contributed by atoms with Gasteiger partial charge in [0.1, 0.15) is 5.75 Å². The number of fused-ring (bicyclic) bond motifs is 1. The lowest BCUT2D eigenvalue weighted by Crippen LogP contribution is -1.83. The highest BCUT2D eigenvalue weighted by molar-refractivity contribution is 5.86. The number of hydrogen-bond donors (Lipinski definition) is 1. The van der Waals surface area contributed by atoms with Crippen molar-refractivity contribution in [1.82, 2.24) is 0 Å². The fraction of sp³-hybridized carbons (Fsp3) is 0.214. The first kappa shape index (κ1) is 13.0. The van der Waals surface area contributed by atoms with Crippen LogP contribution in [0.4, 0.5) is 0 Å². The van der Waals surface area contributed by atoms with Crippen LogP contribution < -0.4 is 4.74 Å². The molecule has 2 aromatic carbocycles. The van der Waals surface area contributed by atoms with Crippen LogP contribution in [0.25, 0.3) is 10.8 Å². The molecule has 3 nitrogen and oxygen atoms in total. The van der Waals surface area contributed by atoms with Gasteiger partial charge in [-0.15, -0.1) is 0 Å². The minimum atomic E-state index is -0.833. The molecule has 0 unspecified atom stereocenters. The highest BCUT2D eigenvalue weighted by Crippen LogP contribution is 2.22. The molecule has 3 heteroatoms. The van der Waals surface area contributed by atoms with Gasteiger partial charge in [-0.25, -0.2) is 0 Å². The largest absolute Gasteiger partial charge is 0.497 e. The Bertz CT molecular complexity index is 514. The van der Waals surface area contributed by atoms with E-state index in [2.05, 4.69) is 37.3 Å². The Kier molecular flexibility index (Phi) is 4.52. The van der Waals surface area contributed by atoms with Gasteiger partial charge in [-0.05, 0) is 35.4 Å². The topological polar surface area (TPSA) is 46.5 Å². The first-order valence-electron chi connectivity index (χ1n) is 5.27. The van der Waals surface area contributed by atoms with Crippen molar-refractivity contribution in [2.45, 2.75) is 13.8 Å². The number of ether oxygens (including phenoxy) is 1. The number of carboxylic acids is 1. The standard InChI is InChI=1S/C12H12O.C2H4O2/c1-9-4-3-5-10-8-11(13-2)6-7-12(9)10;1-2(3)4/h3-8H,1-2H3;1H3,(H,3,4). The molecule has 1 N–H and O–H groups in total. The zero-order chi connectivity index (χ0) is 12.8. The van der Waals surface area contributed by atoms with Crippen molar-refractivity contribution in [3.05, 3.63) is 42.0 Å². The number of aliphatic carboxylic acids is 1. The summed E-state index contributed by atoms with van der Waals surface area (Å²) in [5.41, 5.74) is 1.31. The number of aryl methyl sites for hydroxylation is 1. The van der Waals surface area contributed by atoms with Gasteiger partial charge in [-0.3, -0.25) is 4.79 Å². The quantitative estimate of drug-likeness (QED) is 0.821. The third-order valence-corrected chi connectivity index (χ3v) is 2.31. The number of benzene rings is 2. The van der Waals surface area contributed by atoms with E-state index >= 15 is 0 Å². The second kappa shape index (κ2) is 5.89. The van der Waals surface area contributed by atoms with E-state index < -0.39 is 5.97 Å². The summed E-state index contributed by atoms with van der Waals surface area (Å²) in [4.78, 5) is 9.00. The monoisotopic (exact) mass is 232 g/mol. The van der Waals surface area contributed by atoms with Crippen molar-refractivity contribution < 1.29 is 14.6 Å². The molecule has 90 valence electrons. The third kappa shape index (κ3) is 3.79. The Labute approximate surface area is 101 Å². The van der Waals surface area contributed by atoms with E-state index in [0.717, 1.165) is 12.7 Å². The van der Waals surface area contributed by atoms with Crippen molar-refractivity contribution in [3.63, 3.8) is 0 Å². The van der Waals surface area contributed by atoms with E-state index in [1.807, 2.05) is 6.07 Å². The van der Waals surface area contributed by atoms with Crippen LogP contribution in [0.1, 0.15) is 12.5 Å². The number of hydrogen-bond acceptors (Lipinski definition) is 2. The van der Waals surface area contributed by atoms with Crippen LogP contribution >= 0.6 is 0 Å². The normalized spacial score (nSPS) is 9.35. The van der Waals surface area contributed by atoms with Crippen LogP contribution in [-0.4, -0.2) is 18.2 Å². The molecule has 2 aromatic rings. The molecule has 2 rings (SSSR count).